The third kappa shape index (κ3) is 3.76. The van der Waals surface area contributed by atoms with Crippen LogP contribution >= 0.6 is 0 Å². The quantitative estimate of drug-likeness (QED) is 0.867. The molecule has 0 radical (unpaired) electrons. The Balaban J connectivity index is 1.57. The van der Waals surface area contributed by atoms with Crippen LogP contribution in [0.3, 0.4) is 0 Å². The number of amides is 1. The van der Waals surface area contributed by atoms with Gasteiger partial charge in [-0.15, -0.1) is 0 Å². The van der Waals surface area contributed by atoms with E-state index in [9.17, 15) is 13.6 Å². The van der Waals surface area contributed by atoms with Gasteiger partial charge in [0.05, 0.1) is 19.0 Å². The largest absolute Gasteiger partial charge is 0.459 e. The van der Waals surface area contributed by atoms with E-state index in [1.54, 1.807) is 17.0 Å². The minimum atomic E-state index is -0.621. The molecule has 4 nitrogen and oxygen atoms in total. The number of piperidine rings is 1. The van der Waals surface area contributed by atoms with Crippen LogP contribution in [0.5, 0.6) is 0 Å². The van der Waals surface area contributed by atoms with Gasteiger partial charge in [-0.1, -0.05) is 6.07 Å². The summed E-state index contributed by atoms with van der Waals surface area (Å²) in [6, 6.07) is 6.71. The van der Waals surface area contributed by atoms with Gasteiger partial charge in [0.25, 0.3) is 5.91 Å². The first-order valence-corrected chi connectivity index (χ1v) is 7.52. The van der Waals surface area contributed by atoms with Gasteiger partial charge >= 0.3 is 0 Å². The number of rotatable bonds is 4. The molecule has 1 fully saturated rings. The van der Waals surface area contributed by atoms with Crippen LogP contribution in [0.2, 0.25) is 0 Å². The lowest BCUT2D eigenvalue weighted by Crippen LogP contribution is -2.43. The SMILES string of the molecule is O=C(c1ccco1)N1CCCC(OCc2ccc(F)cc2F)C1. The molecule has 1 aliphatic rings. The first-order valence-electron chi connectivity index (χ1n) is 7.52. The second-order valence-electron chi connectivity index (χ2n) is 5.54. The number of hydrogen-bond acceptors (Lipinski definition) is 3. The van der Waals surface area contributed by atoms with Crippen molar-refractivity contribution in [3.63, 3.8) is 0 Å². The van der Waals surface area contributed by atoms with Crippen LogP contribution in [0.15, 0.2) is 41.0 Å². The molecule has 3 rings (SSSR count). The van der Waals surface area contributed by atoms with Crippen molar-refractivity contribution >= 4 is 5.91 Å². The van der Waals surface area contributed by atoms with E-state index in [-0.39, 0.29) is 18.6 Å². The van der Waals surface area contributed by atoms with E-state index in [4.69, 9.17) is 9.15 Å². The van der Waals surface area contributed by atoms with Crippen molar-refractivity contribution in [1.82, 2.24) is 4.90 Å². The van der Waals surface area contributed by atoms with Gasteiger partial charge in [0.1, 0.15) is 11.6 Å². The van der Waals surface area contributed by atoms with E-state index in [0.717, 1.165) is 18.9 Å². The lowest BCUT2D eigenvalue weighted by molar-refractivity contribution is -0.00843. The standard InChI is InChI=1S/C17H17F2NO3/c18-13-6-5-12(15(19)9-13)11-23-14-3-1-7-20(10-14)17(21)16-4-2-8-22-16/h2,4-6,8-9,14H,1,3,7,10-11H2. The van der Waals surface area contributed by atoms with Gasteiger partial charge in [0.2, 0.25) is 0 Å². The summed E-state index contributed by atoms with van der Waals surface area (Å²) in [7, 11) is 0. The molecule has 0 aliphatic carbocycles. The zero-order valence-electron chi connectivity index (χ0n) is 12.5. The predicted molar refractivity (Wildman–Crippen MR) is 78.8 cm³/mol. The molecule has 2 aromatic rings. The molecule has 0 bridgehead atoms. The summed E-state index contributed by atoms with van der Waals surface area (Å²) in [5, 5.41) is 0. The molecule has 1 aliphatic heterocycles. The van der Waals surface area contributed by atoms with Gasteiger partial charge in [-0.25, -0.2) is 8.78 Å². The Morgan fingerprint density at radius 2 is 2.22 bits per heavy atom. The van der Waals surface area contributed by atoms with Crippen LogP contribution in [0.1, 0.15) is 29.0 Å². The van der Waals surface area contributed by atoms with Gasteiger partial charge in [0.15, 0.2) is 5.76 Å². The average molecular weight is 321 g/mol. The van der Waals surface area contributed by atoms with Crippen molar-refractivity contribution < 1.29 is 22.7 Å². The highest BCUT2D eigenvalue weighted by atomic mass is 19.1. The van der Waals surface area contributed by atoms with Crippen molar-refractivity contribution in [2.24, 2.45) is 0 Å². The number of ether oxygens (including phenoxy) is 1. The Bertz CT molecular complexity index is 672. The Kier molecular flexibility index (Phi) is 4.71. The number of benzene rings is 1. The maximum Gasteiger partial charge on any atom is 0.289 e. The highest BCUT2D eigenvalue weighted by molar-refractivity contribution is 5.91. The maximum absolute atomic E-state index is 13.6. The number of hydrogen-bond donors (Lipinski definition) is 0. The van der Waals surface area contributed by atoms with E-state index in [0.29, 0.717) is 24.4 Å². The number of likely N-dealkylation sites (tertiary alicyclic amines) is 1. The summed E-state index contributed by atoms with van der Waals surface area (Å²) in [4.78, 5) is 13.9. The lowest BCUT2D eigenvalue weighted by atomic mass is 10.1. The molecular weight excluding hydrogens is 304 g/mol. The number of nitrogens with zero attached hydrogens (tertiary/aromatic N) is 1. The molecule has 6 heteroatoms. The molecule has 1 aromatic carbocycles. The van der Waals surface area contributed by atoms with Crippen LogP contribution in [-0.2, 0) is 11.3 Å². The van der Waals surface area contributed by atoms with E-state index in [2.05, 4.69) is 0 Å². The first kappa shape index (κ1) is 15.7. The van der Waals surface area contributed by atoms with E-state index < -0.39 is 11.6 Å². The Hall–Kier alpha value is -2.21. The number of halogens is 2. The van der Waals surface area contributed by atoms with Crippen molar-refractivity contribution in [2.75, 3.05) is 13.1 Å². The van der Waals surface area contributed by atoms with Crippen LogP contribution in [-0.4, -0.2) is 30.0 Å². The molecule has 1 amide bonds. The minimum Gasteiger partial charge on any atom is -0.459 e. The normalized spacial score (nSPS) is 18.2. The third-order valence-electron chi connectivity index (χ3n) is 3.89. The van der Waals surface area contributed by atoms with E-state index >= 15 is 0 Å². The molecule has 1 atom stereocenters. The third-order valence-corrected chi connectivity index (χ3v) is 3.89. The van der Waals surface area contributed by atoms with Gasteiger partial charge < -0.3 is 14.1 Å². The Labute approximate surface area is 132 Å². The first-order chi connectivity index (χ1) is 11.1. The highest BCUT2D eigenvalue weighted by Crippen LogP contribution is 2.19. The average Bonchev–Trinajstić information content (AvgIpc) is 3.08. The summed E-state index contributed by atoms with van der Waals surface area (Å²) in [5.41, 5.74) is 0.306. The molecule has 23 heavy (non-hydrogen) atoms. The fraction of sp³-hybridized carbons (Fsp3) is 0.353. The number of carbonyl (C=O) groups is 1. The van der Waals surface area contributed by atoms with Gasteiger partial charge in [0, 0.05) is 24.7 Å². The van der Waals surface area contributed by atoms with Gasteiger partial charge in [-0.05, 0) is 31.0 Å². The van der Waals surface area contributed by atoms with Crippen molar-refractivity contribution in [2.45, 2.75) is 25.6 Å². The molecule has 1 aromatic heterocycles. The fourth-order valence-electron chi connectivity index (χ4n) is 2.66. The minimum absolute atomic E-state index is 0.0551. The molecule has 0 saturated carbocycles. The summed E-state index contributed by atoms with van der Waals surface area (Å²) in [6.07, 6.45) is 2.89. The lowest BCUT2D eigenvalue weighted by Gasteiger charge is -2.32. The second kappa shape index (κ2) is 6.91. The van der Waals surface area contributed by atoms with Crippen LogP contribution < -0.4 is 0 Å². The highest BCUT2D eigenvalue weighted by Gasteiger charge is 2.26. The topological polar surface area (TPSA) is 42.7 Å². The molecule has 122 valence electrons. The van der Waals surface area contributed by atoms with Gasteiger partial charge in [-0.3, -0.25) is 4.79 Å². The summed E-state index contributed by atoms with van der Waals surface area (Å²) < 4.78 is 37.3. The Morgan fingerprint density at radius 3 is 2.96 bits per heavy atom. The monoisotopic (exact) mass is 321 g/mol. The van der Waals surface area contributed by atoms with Crippen LogP contribution in [0, 0.1) is 11.6 Å². The predicted octanol–water partition coefficient (Wildman–Crippen LogP) is 3.38. The fourth-order valence-corrected chi connectivity index (χ4v) is 2.66. The number of carbonyl (C=O) groups excluding carboxylic acids is 1. The summed E-state index contributed by atoms with van der Waals surface area (Å²) in [5.74, 6) is -1.10. The molecule has 0 N–H and O–H groups in total. The smallest absolute Gasteiger partial charge is 0.289 e. The molecule has 1 saturated heterocycles. The van der Waals surface area contributed by atoms with Crippen LogP contribution in [0.25, 0.3) is 0 Å². The van der Waals surface area contributed by atoms with Crippen molar-refractivity contribution in [1.29, 1.82) is 0 Å². The van der Waals surface area contributed by atoms with Crippen molar-refractivity contribution in [3.05, 3.63) is 59.6 Å². The van der Waals surface area contributed by atoms with E-state index in [1.807, 2.05) is 0 Å². The summed E-state index contributed by atoms with van der Waals surface area (Å²) in [6.45, 7) is 1.13. The van der Waals surface area contributed by atoms with Crippen molar-refractivity contribution in [3.8, 4) is 0 Å². The zero-order chi connectivity index (χ0) is 16.2. The van der Waals surface area contributed by atoms with Gasteiger partial charge in [-0.2, -0.15) is 0 Å². The number of furan rings is 1. The molecule has 0 spiro atoms. The zero-order valence-corrected chi connectivity index (χ0v) is 12.5. The molecular formula is C17H17F2NO3. The maximum atomic E-state index is 13.6. The Morgan fingerprint density at radius 1 is 1.35 bits per heavy atom. The van der Waals surface area contributed by atoms with Crippen LogP contribution in [0.4, 0.5) is 8.78 Å². The summed E-state index contributed by atoms with van der Waals surface area (Å²) >= 11 is 0. The van der Waals surface area contributed by atoms with E-state index in [1.165, 1.54) is 18.4 Å². The molecule has 2 heterocycles. The second-order valence-corrected chi connectivity index (χ2v) is 5.54. The molecule has 1 unspecified atom stereocenters.